The number of carbonyl (C=O) groups is 1. The highest BCUT2D eigenvalue weighted by atomic mass is 16.6. The van der Waals surface area contributed by atoms with E-state index in [0.717, 1.165) is 53.8 Å². The number of rotatable bonds is 4. The summed E-state index contributed by atoms with van der Waals surface area (Å²) in [5.41, 5.74) is 2.12. The van der Waals surface area contributed by atoms with Crippen molar-refractivity contribution in [3.8, 4) is 11.5 Å². The van der Waals surface area contributed by atoms with Crippen molar-refractivity contribution in [2.45, 2.75) is 75.5 Å². The minimum Gasteiger partial charge on any atom is -0.481 e. The number of likely N-dealkylation sites (N-methyl/N-ethyl adjacent to an activating group) is 1. The third-order valence-electron chi connectivity index (χ3n) is 9.10. The Morgan fingerprint density at radius 2 is 2.13 bits per heavy atom. The zero-order valence-corrected chi connectivity index (χ0v) is 18.9. The lowest BCUT2D eigenvalue weighted by Gasteiger charge is -2.65. The van der Waals surface area contributed by atoms with Gasteiger partial charge in [0.25, 0.3) is 0 Å². The van der Waals surface area contributed by atoms with E-state index in [4.69, 9.17) is 9.47 Å². The van der Waals surface area contributed by atoms with Gasteiger partial charge in [0, 0.05) is 24.3 Å². The standard InChI is InChI=1S/C26H34NO4/c1-15(2)24(28)30-19-8-7-18-13-20-26(29)10-9-16(3)23-25(26,21(18)22(19)31-23)11-12-27(20,4)14-17-5-6-17/h7-8,15,17,20,23,29H,3,5-6,9-14H2,1-2,4H3/q+1/t20-,23+,25+,26-,27?/m1/s1. The molecular weight excluding hydrogens is 390 g/mol. The summed E-state index contributed by atoms with van der Waals surface area (Å²) in [4.78, 5) is 12.4. The van der Waals surface area contributed by atoms with Gasteiger partial charge in [0.15, 0.2) is 11.5 Å². The second kappa shape index (κ2) is 6.14. The molecule has 0 aromatic heterocycles. The molecule has 3 aliphatic carbocycles. The average molecular weight is 425 g/mol. The predicted molar refractivity (Wildman–Crippen MR) is 117 cm³/mol. The first-order valence-electron chi connectivity index (χ1n) is 12.0. The Hall–Kier alpha value is -1.85. The normalized spacial score (nSPS) is 39.8. The van der Waals surface area contributed by atoms with Crippen LogP contribution in [0.1, 0.15) is 57.1 Å². The fraction of sp³-hybridized carbons (Fsp3) is 0.654. The van der Waals surface area contributed by atoms with Gasteiger partial charge in [-0.25, -0.2) is 0 Å². The van der Waals surface area contributed by atoms with Crippen molar-refractivity contribution < 1.29 is 23.9 Å². The van der Waals surface area contributed by atoms with E-state index in [1.54, 1.807) is 0 Å². The molecule has 31 heavy (non-hydrogen) atoms. The maximum Gasteiger partial charge on any atom is 0.313 e. The quantitative estimate of drug-likeness (QED) is 0.348. The van der Waals surface area contributed by atoms with Crippen molar-refractivity contribution in [2.24, 2.45) is 11.8 Å². The first-order chi connectivity index (χ1) is 14.7. The lowest BCUT2D eigenvalue weighted by atomic mass is 9.48. The van der Waals surface area contributed by atoms with Crippen LogP contribution in [-0.2, 0) is 16.6 Å². The number of carbonyl (C=O) groups excluding carboxylic acids is 1. The number of quaternary nitrogens is 1. The Morgan fingerprint density at radius 1 is 1.35 bits per heavy atom. The summed E-state index contributed by atoms with van der Waals surface area (Å²) in [6, 6.07) is 4.19. The van der Waals surface area contributed by atoms with Crippen LogP contribution >= 0.6 is 0 Å². The van der Waals surface area contributed by atoms with Crippen LogP contribution in [0.3, 0.4) is 0 Å². The second-order valence-corrected chi connectivity index (χ2v) is 11.4. The molecule has 0 radical (unpaired) electrons. The van der Waals surface area contributed by atoms with Gasteiger partial charge in [-0.3, -0.25) is 4.79 Å². The van der Waals surface area contributed by atoms with Crippen LogP contribution in [0.15, 0.2) is 24.3 Å². The fourth-order valence-electron chi connectivity index (χ4n) is 7.36. The number of nitrogens with zero attached hydrogens (tertiary/aromatic N) is 1. The zero-order valence-electron chi connectivity index (χ0n) is 18.9. The minimum atomic E-state index is -0.820. The summed E-state index contributed by atoms with van der Waals surface area (Å²) in [5.74, 6) is 1.51. The molecule has 1 unspecified atom stereocenters. The van der Waals surface area contributed by atoms with E-state index in [2.05, 4.69) is 19.7 Å². The Labute approximate surface area is 184 Å². The van der Waals surface area contributed by atoms with Crippen molar-refractivity contribution in [1.82, 2.24) is 0 Å². The van der Waals surface area contributed by atoms with Crippen LogP contribution in [0.25, 0.3) is 0 Å². The molecule has 3 fully saturated rings. The molecule has 2 heterocycles. The Morgan fingerprint density at radius 3 is 2.84 bits per heavy atom. The van der Waals surface area contributed by atoms with Gasteiger partial charge in [0.2, 0.25) is 0 Å². The monoisotopic (exact) mass is 424 g/mol. The van der Waals surface area contributed by atoms with Crippen LogP contribution in [-0.4, -0.2) is 53.4 Å². The highest BCUT2D eigenvalue weighted by Gasteiger charge is 2.75. The third kappa shape index (κ3) is 2.42. The number of likely N-dealkylation sites (tertiary alicyclic amines) is 1. The van der Waals surface area contributed by atoms with Crippen LogP contribution in [0, 0.1) is 11.8 Å². The summed E-state index contributed by atoms with van der Waals surface area (Å²) in [6.07, 6.45) is 5.68. The van der Waals surface area contributed by atoms with Crippen molar-refractivity contribution in [3.63, 3.8) is 0 Å². The summed E-state index contributed by atoms with van der Waals surface area (Å²) in [5, 5.41) is 12.5. The smallest absolute Gasteiger partial charge is 0.313 e. The molecule has 5 atom stereocenters. The summed E-state index contributed by atoms with van der Waals surface area (Å²) in [6.45, 7) is 10.3. The van der Waals surface area contributed by atoms with Crippen LogP contribution in [0.2, 0.25) is 0 Å². The van der Waals surface area contributed by atoms with Crippen molar-refractivity contribution in [1.29, 1.82) is 0 Å². The van der Waals surface area contributed by atoms with Gasteiger partial charge in [0.05, 0.1) is 31.5 Å². The van der Waals surface area contributed by atoms with Gasteiger partial charge in [-0.1, -0.05) is 26.5 Å². The summed E-state index contributed by atoms with van der Waals surface area (Å²) < 4.78 is 13.3. The van der Waals surface area contributed by atoms with Crippen molar-refractivity contribution in [2.75, 3.05) is 20.1 Å². The van der Waals surface area contributed by atoms with Gasteiger partial charge in [-0.05, 0) is 42.9 Å². The van der Waals surface area contributed by atoms with Crippen molar-refractivity contribution in [3.05, 3.63) is 35.4 Å². The molecule has 6 rings (SSSR count). The number of ether oxygens (including phenoxy) is 2. The molecule has 2 saturated carbocycles. The Kier molecular flexibility index (Phi) is 3.92. The second-order valence-electron chi connectivity index (χ2n) is 11.4. The minimum absolute atomic E-state index is 0.170. The zero-order chi connectivity index (χ0) is 21.8. The molecule has 5 aliphatic rings. The molecule has 2 bridgehead atoms. The molecule has 0 amide bonds. The van der Waals surface area contributed by atoms with Gasteiger partial charge >= 0.3 is 5.97 Å². The van der Waals surface area contributed by atoms with E-state index in [1.807, 2.05) is 19.9 Å². The van der Waals surface area contributed by atoms with Crippen molar-refractivity contribution >= 4 is 5.97 Å². The largest absolute Gasteiger partial charge is 0.481 e. The van der Waals surface area contributed by atoms with E-state index in [1.165, 1.54) is 24.9 Å². The number of benzene rings is 1. The van der Waals surface area contributed by atoms with Gasteiger partial charge < -0.3 is 19.1 Å². The molecule has 2 aliphatic heterocycles. The molecule has 5 heteroatoms. The Balaban J connectivity index is 1.52. The average Bonchev–Trinajstić information content (AvgIpc) is 3.44. The number of hydrogen-bond acceptors (Lipinski definition) is 4. The van der Waals surface area contributed by atoms with E-state index in [-0.39, 0.29) is 24.0 Å². The topological polar surface area (TPSA) is 55.8 Å². The summed E-state index contributed by atoms with van der Waals surface area (Å²) >= 11 is 0. The van der Waals surface area contributed by atoms with Gasteiger partial charge in [-0.2, -0.15) is 0 Å². The van der Waals surface area contributed by atoms with E-state index in [9.17, 15) is 9.90 Å². The number of piperidine rings is 1. The summed E-state index contributed by atoms with van der Waals surface area (Å²) in [7, 11) is 2.37. The van der Waals surface area contributed by atoms with Gasteiger partial charge in [0.1, 0.15) is 17.7 Å². The first-order valence-corrected chi connectivity index (χ1v) is 12.0. The highest BCUT2D eigenvalue weighted by Crippen LogP contribution is 2.67. The van der Waals surface area contributed by atoms with Gasteiger partial charge in [-0.15, -0.1) is 0 Å². The maximum absolute atomic E-state index is 12.5. The molecule has 1 aromatic carbocycles. The molecule has 1 N–H and O–H groups in total. The van der Waals surface area contributed by atoms with Crippen LogP contribution < -0.4 is 9.47 Å². The lowest BCUT2D eigenvalue weighted by molar-refractivity contribution is -0.950. The molecule has 1 spiro atoms. The molecule has 1 saturated heterocycles. The third-order valence-corrected chi connectivity index (χ3v) is 9.10. The number of hydrogen-bond donors (Lipinski definition) is 1. The SMILES string of the molecule is C=C1CC[C@@]2(O)[C@H]3Cc4ccc(OC(=O)C(C)C)c5c4[C@@]2(CC[N+]3(C)CC2CC2)[C@H]1O5. The highest BCUT2D eigenvalue weighted by molar-refractivity contribution is 5.76. The van der Waals surface area contributed by atoms with E-state index >= 15 is 0 Å². The molecular formula is C26H34NO4+. The predicted octanol–water partition coefficient (Wildman–Crippen LogP) is 3.51. The lowest BCUT2D eigenvalue weighted by Crippen LogP contribution is -2.80. The fourth-order valence-corrected chi connectivity index (χ4v) is 7.36. The molecule has 166 valence electrons. The molecule has 5 nitrogen and oxygen atoms in total. The van der Waals surface area contributed by atoms with Crippen LogP contribution in [0.5, 0.6) is 11.5 Å². The first kappa shape index (κ1) is 19.8. The Bertz CT molecular complexity index is 997. The van der Waals surface area contributed by atoms with E-state index < -0.39 is 11.0 Å². The number of aliphatic hydroxyl groups is 1. The van der Waals surface area contributed by atoms with Crippen LogP contribution in [0.4, 0.5) is 0 Å². The maximum atomic E-state index is 12.5. The molecule has 1 aromatic rings. The van der Waals surface area contributed by atoms with E-state index in [0.29, 0.717) is 11.5 Å². The number of esters is 1.